The topological polar surface area (TPSA) is 46.9 Å². The molecule has 1 aromatic carbocycles. The summed E-state index contributed by atoms with van der Waals surface area (Å²) in [5.41, 5.74) is 2.32. The molecule has 0 aliphatic rings. The van der Waals surface area contributed by atoms with Gasteiger partial charge in [-0.3, -0.25) is 4.79 Å². The van der Waals surface area contributed by atoms with Crippen LogP contribution in [0.1, 0.15) is 93.0 Å². The van der Waals surface area contributed by atoms with Gasteiger partial charge in [0, 0.05) is 19.5 Å². The molecule has 0 spiro atoms. The van der Waals surface area contributed by atoms with Crippen molar-refractivity contribution in [2.75, 3.05) is 6.54 Å². The van der Waals surface area contributed by atoms with E-state index in [0.29, 0.717) is 6.54 Å². The van der Waals surface area contributed by atoms with E-state index >= 15 is 0 Å². The Morgan fingerprint density at radius 2 is 1.62 bits per heavy atom. The number of carbonyl (C=O) groups is 1. The summed E-state index contributed by atoms with van der Waals surface area (Å²) in [5.74, 6) is 1.17. The molecule has 0 bridgehead atoms. The fraction of sp³-hybridized carbons (Fsp3) is 0.556. The van der Waals surface area contributed by atoms with Gasteiger partial charge in [0.25, 0.3) is 5.91 Å². The summed E-state index contributed by atoms with van der Waals surface area (Å²) < 4.78 is 2.40. The van der Waals surface area contributed by atoms with Gasteiger partial charge in [-0.1, -0.05) is 82.9 Å². The molecule has 32 heavy (non-hydrogen) atoms. The van der Waals surface area contributed by atoms with Crippen molar-refractivity contribution in [2.45, 2.75) is 90.5 Å². The Bertz CT molecular complexity index is 916. The van der Waals surface area contributed by atoms with Crippen LogP contribution in [0.4, 0.5) is 0 Å². The highest BCUT2D eigenvalue weighted by molar-refractivity contribution is 7.12. The van der Waals surface area contributed by atoms with Gasteiger partial charge >= 0.3 is 0 Å². The number of hydrogen-bond acceptors (Lipinski definition) is 3. The van der Waals surface area contributed by atoms with Crippen LogP contribution >= 0.6 is 11.3 Å². The van der Waals surface area contributed by atoms with E-state index < -0.39 is 0 Å². The third-order valence-corrected chi connectivity index (χ3v) is 6.95. The number of thiophene rings is 1. The van der Waals surface area contributed by atoms with Crippen LogP contribution < -0.4 is 5.32 Å². The van der Waals surface area contributed by atoms with Gasteiger partial charge in [0.05, 0.1) is 15.9 Å². The highest BCUT2D eigenvalue weighted by Gasteiger charge is 2.11. The molecule has 4 nitrogen and oxygen atoms in total. The second kappa shape index (κ2) is 14.1. The van der Waals surface area contributed by atoms with E-state index in [1.165, 1.54) is 81.1 Å². The minimum absolute atomic E-state index is 0.0267. The minimum atomic E-state index is 0.0267. The number of hydrogen-bond donors (Lipinski definition) is 1. The lowest BCUT2D eigenvalue weighted by Crippen LogP contribution is -2.24. The summed E-state index contributed by atoms with van der Waals surface area (Å²) >= 11 is 1.48. The van der Waals surface area contributed by atoms with Gasteiger partial charge in [-0.25, -0.2) is 4.98 Å². The Hall–Kier alpha value is -2.14. The summed E-state index contributed by atoms with van der Waals surface area (Å²) in [6, 6.07) is 12.2. The first-order valence-electron chi connectivity index (χ1n) is 12.6. The molecule has 0 radical (unpaired) electrons. The standard InChI is InChI=1S/C27H39N3OS/c1-2-3-4-5-6-7-8-9-10-13-21-30-24-17-12-11-16-23(24)29-26(30)19-14-20-28-27(31)25-18-15-22-32-25/h11-12,15-18,22H,2-10,13-14,19-21H2,1H3,(H,28,31). The van der Waals surface area contributed by atoms with Crippen molar-refractivity contribution in [1.29, 1.82) is 0 Å². The molecule has 0 unspecified atom stereocenters. The molecule has 5 heteroatoms. The lowest BCUT2D eigenvalue weighted by Gasteiger charge is -2.10. The van der Waals surface area contributed by atoms with Crippen molar-refractivity contribution >= 4 is 28.3 Å². The first kappa shape index (κ1) is 24.5. The Morgan fingerprint density at radius 1 is 0.906 bits per heavy atom. The molecule has 2 heterocycles. The number of aromatic nitrogens is 2. The highest BCUT2D eigenvalue weighted by atomic mass is 32.1. The largest absolute Gasteiger partial charge is 0.351 e. The Kier molecular flexibility index (Phi) is 10.8. The van der Waals surface area contributed by atoms with Crippen molar-refractivity contribution in [3.8, 4) is 0 Å². The van der Waals surface area contributed by atoms with Crippen molar-refractivity contribution in [2.24, 2.45) is 0 Å². The summed E-state index contributed by atoms with van der Waals surface area (Å²) in [5, 5.41) is 4.97. The van der Waals surface area contributed by atoms with Crippen LogP contribution in [-0.2, 0) is 13.0 Å². The van der Waals surface area contributed by atoms with Crippen LogP contribution in [-0.4, -0.2) is 22.0 Å². The average Bonchev–Trinajstić information content (AvgIpc) is 3.46. The summed E-state index contributed by atoms with van der Waals surface area (Å²) in [7, 11) is 0. The van der Waals surface area contributed by atoms with Gasteiger partial charge in [-0.2, -0.15) is 0 Å². The molecule has 1 N–H and O–H groups in total. The van der Waals surface area contributed by atoms with E-state index in [2.05, 4.69) is 41.1 Å². The Labute approximate surface area is 197 Å². The van der Waals surface area contributed by atoms with E-state index in [9.17, 15) is 4.79 Å². The number of carbonyl (C=O) groups excluding carboxylic acids is 1. The molecule has 0 fully saturated rings. The number of nitrogens with zero attached hydrogens (tertiary/aromatic N) is 2. The zero-order chi connectivity index (χ0) is 22.4. The quantitative estimate of drug-likeness (QED) is 0.230. The molecule has 0 aliphatic carbocycles. The normalized spacial score (nSPS) is 11.3. The molecule has 0 aliphatic heterocycles. The maximum atomic E-state index is 12.1. The number of aryl methyl sites for hydroxylation is 2. The number of imidazole rings is 1. The monoisotopic (exact) mass is 453 g/mol. The van der Waals surface area contributed by atoms with Crippen LogP contribution in [0, 0.1) is 0 Å². The number of para-hydroxylation sites is 2. The second-order valence-corrected chi connectivity index (χ2v) is 9.63. The SMILES string of the molecule is CCCCCCCCCCCCn1c(CCCNC(=O)c2cccs2)nc2ccccc21. The van der Waals surface area contributed by atoms with Crippen LogP contribution in [0.2, 0.25) is 0 Å². The molecule has 1 amide bonds. The zero-order valence-corrected chi connectivity index (χ0v) is 20.5. The number of amides is 1. The summed E-state index contributed by atoms with van der Waals surface area (Å²) in [4.78, 5) is 17.8. The smallest absolute Gasteiger partial charge is 0.261 e. The molecular weight excluding hydrogens is 414 g/mol. The van der Waals surface area contributed by atoms with E-state index in [-0.39, 0.29) is 5.91 Å². The Balaban J connectivity index is 1.41. The number of nitrogens with one attached hydrogen (secondary N) is 1. The molecule has 3 rings (SSSR count). The predicted molar refractivity (Wildman–Crippen MR) is 137 cm³/mol. The number of fused-ring (bicyclic) bond motifs is 1. The van der Waals surface area contributed by atoms with E-state index in [0.717, 1.165) is 35.6 Å². The highest BCUT2D eigenvalue weighted by Crippen LogP contribution is 2.19. The van der Waals surface area contributed by atoms with Crippen LogP contribution in [0.25, 0.3) is 11.0 Å². The van der Waals surface area contributed by atoms with E-state index in [1.807, 2.05) is 17.5 Å². The fourth-order valence-electron chi connectivity index (χ4n) is 4.27. The van der Waals surface area contributed by atoms with Crippen molar-refractivity contribution in [1.82, 2.24) is 14.9 Å². The van der Waals surface area contributed by atoms with Crippen molar-refractivity contribution in [3.63, 3.8) is 0 Å². The summed E-state index contributed by atoms with van der Waals surface area (Å²) in [6.45, 7) is 3.99. The number of unbranched alkanes of at least 4 members (excludes halogenated alkanes) is 9. The van der Waals surface area contributed by atoms with Gasteiger partial charge < -0.3 is 9.88 Å². The third kappa shape index (κ3) is 7.77. The van der Waals surface area contributed by atoms with Crippen LogP contribution in [0.3, 0.4) is 0 Å². The van der Waals surface area contributed by atoms with Crippen molar-refractivity contribution < 1.29 is 4.79 Å². The molecule has 174 valence electrons. The zero-order valence-electron chi connectivity index (χ0n) is 19.7. The lowest BCUT2D eigenvalue weighted by molar-refractivity contribution is 0.0957. The van der Waals surface area contributed by atoms with Gasteiger partial charge in [0.1, 0.15) is 5.82 Å². The lowest BCUT2D eigenvalue weighted by atomic mass is 10.1. The molecule has 0 saturated heterocycles. The van der Waals surface area contributed by atoms with Gasteiger partial charge in [-0.15, -0.1) is 11.3 Å². The second-order valence-electron chi connectivity index (χ2n) is 8.69. The maximum absolute atomic E-state index is 12.1. The minimum Gasteiger partial charge on any atom is -0.351 e. The Morgan fingerprint density at radius 3 is 2.34 bits per heavy atom. The fourth-order valence-corrected chi connectivity index (χ4v) is 4.91. The molecule has 2 aromatic heterocycles. The van der Waals surface area contributed by atoms with Gasteiger partial charge in [0.15, 0.2) is 0 Å². The first-order chi connectivity index (χ1) is 15.8. The molecule has 0 atom stereocenters. The first-order valence-corrected chi connectivity index (χ1v) is 13.4. The average molecular weight is 454 g/mol. The van der Waals surface area contributed by atoms with Crippen molar-refractivity contribution in [3.05, 3.63) is 52.5 Å². The molecule has 3 aromatic rings. The van der Waals surface area contributed by atoms with Gasteiger partial charge in [0.2, 0.25) is 0 Å². The molecule has 0 saturated carbocycles. The maximum Gasteiger partial charge on any atom is 0.261 e. The van der Waals surface area contributed by atoms with E-state index in [1.54, 1.807) is 0 Å². The molecular formula is C27H39N3OS. The predicted octanol–water partition coefficient (Wildman–Crippen LogP) is 7.38. The summed E-state index contributed by atoms with van der Waals surface area (Å²) in [6.07, 6.45) is 15.3. The van der Waals surface area contributed by atoms with Crippen LogP contribution in [0.15, 0.2) is 41.8 Å². The van der Waals surface area contributed by atoms with Crippen LogP contribution in [0.5, 0.6) is 0 Å². The number of benzene rings is 1. The van der Waals surface area contributed by atoms with E-state index in [4.69, 9.17) is 4.98 Å². The van der Waals surface area contributed by atoms with Gasteiger partial charge in [-0.05, 0) is 36.4 Å². The third-order valence-electron chi connectivity index (χ3n) is 6.08. The number of rotatable bonds is 16.